The minimum absolute atomic E-state index is 0.304. The van der Waals surface area contributed by atoms with Crippen LogP contribution in [0.3, 0.4) is 0 Å². The average Bonchev–Trinajstić information content (AvgIpc) is 3.29. The van der Waals surface area contributed by atoms with Gasteiger partial charge in [0.05, 0.1) is 11.2 Å². The normalized spacial score (nSPS) is 15.0. The van der Waals surface area contributed by atoms with Crippen molar-refractivity contribution < 1.29 is 9.84 Å². The maximum atomic E-state index is 10.5. The molecule has 30 heavy (non-hydrogen) atoms. The van der Waals surface area contributed by atoms with Gasteiger partial charge in [-0.05, 0) is 35.2 Å². The number of rotatable bonds is 10. The Balaban J connectivity index is 1.18. The summed E-state index contributed by atoms with van der Waals surface area (Å²) in [6, 6.07) is 16.6. The van der Waals surface area contributed by atoms with E-state index in [1.54, 1.807) is 11.3 Å². The van der Waals surface area contributed by atoms with Crippen LogP contribution >= 0.6 is 11.3 Å². The number of aliphatic hydroxyl groups is 1. The van der Waals surface area contributed by atoms with E-state index in [1.807, 2.05) is 23.7 Å². The summed E-state index contributed by atoms with van der Waals surface area (Å²) < 4.78 is 5.87. The highest BCUT2D eigenvalue weighted by atomic mass is 32.1. The number of aromatic nitrogens is 1. The SMILES string of the molecule is O[C@H](COc1cccc(CNCCc2cscn2)c1)CN1CCc2ccccc2C1. The van der Waals surface area contributed by atoms with E-state index in [0.29, 0.717) is 13.2 Å². The highest BCUT2D eigenvalue weighted by molar-refractivity contribution is 7.07. The van der Waals surface area contributed by atoms with E-state index in [9.17, 15) is 5.11 Å². The Morgan fingerprint density at radius 3 is 2.93 bits per heavy atom. The lowest BCUT2D eigenvalue weighted by Gasteiger charge is -2.30. The van der Waals surface area contributed by atoms with Crippen molar-refractivity contribution >= 4 is 11.3 Å². The molecule has 0 spiro atoms. The van der Waals surface area contributed by atoms with Crippen LogP contribution in [-0.4, -0.2) is 47.3 Å². The van der Waals surface area contributed by atoms with Crippen molar-refractivity contribution in [2.45, 2.75) is 32.0 Å². The number of β-amino-alcohol motifs (C(OH)–C–C–N with tert-alkyl or cyclic N) is 1. The molecule has 4 rings (SSSR count). The van der Waals surface area contributed by atoms with E-state index in [2.05, 4.69) is 50.9 Å². The molecule has 0 amide bonds. The highest BCUT2D eigenvalue weighted by Crippen LogP contribution is 2.19. The summed E-state index contributed by atoms with van der Waals surface area (Å²) in [6.07, 6.45) is 1.48. The zero-order valence-corrected chi connectivity index (χ0v) is 18.0. The predicted octanol–water partition coefficient (Wildman–Crippen LogP) is 3.27. The van der Waals surface area contributed by atoms with Crippen LogP contribution in [-0.2, 0) is 25.9 Å². The maximum Gasteiger partial charge on any atom is 0.119 e. The molecule has 0 aliphatic carbocycles. The van der Waals surface area contributed by atoms with Crippen molar-refractivity contribution in [3.05, 3.63) is 81.8 Å². The minimum Gasteiger partial charge on any atom is -0.491 e. The van der Waals surface area contributed by atoms with Crippen LogP contribution in [0.25, 0.3) is 0 Å². The van der Waals surface area contributed by atoms with E-state index in [1.165, 1.54) is 16.7 Å². The number of nitrogens with one attached hydrogen (secondary N) is 1. The Hall–Kier alpha value is -2.25. The Morgan fingerprint density at radius 2 is 2.07 bits per heavy atom. The third-order valence-corrected chi connectivity index (χ3v) is 6.03. The molecule has 1 aliphatic heterocycles. The molecule has 0 bridgehead atoms. The van der Waals surface area contributed by atoms with Crippen LogP contribution in [0, 0.1) is 0 Å². The summed E-state index contributed by atoms with van der Waals surface area (Å²) in [5.41, 5.74) is 6.97. The summed E-state index contributed by atoms with van der Waals surface area (Å²) in [5.74, 6) is 0.803. The Labute approximate surface area is 182 Å². The molecule has 158 valence electrons. The predicted molar refractivity (Wildman–Crippen MR) is 121 cm³/mol. The number of hydrogen-bond donors (Lipinski definition) is 2. The Bertz CT molecular complexity index is 916. The molecule has 0 saturated carbocycles. The molecular weight excluding hydrogens is 394 g/mol. The van der Waals surface area contributed by atoms with Gasteiger partial charge >= 0.3 is 0 Å². The van der Waals surface area contributed by atoms with Gasteiger partial charge in [0.25, 0.3) is 0 Å². The number of ether oxygens (including phenoxy) is 1. The summed E-state index contributed by atoms with van der Waals surface area (Å²) in [4.78, 5) is 6.60. The molecule has 0 radical (unpaired) electrons. The van der Waals surface area contributed by atoms with Crippen LogP contribution in [0.15, 0.2) is 59.4 Å². The average molecular weight is 424 g/mol. The second kappa shape index (κ2) is 10.7. The summed E-state index contributed by atoms with van der Waals surface area (Å²) in [6.45, 7) is 4.50. The van der Waals surface area contributed by atoms with Crippen LogP contribution in [0.2, 0.25) is 0 Å². The molecule has 6 heteroatoms. The van der Waals surface area contributed by atoms with Crippen LogP contribution in [0.4, 0.5) is 0 Å². The van der Waals surface area contributed by atoms with E-state index in [0.717, 1.165) is 50.5 Å². The summed E-state index contributed by atoms with van der Waals surface area (Å²) in [5, 5.41) is 16.0. The van der Waals surface area contributed by atoms with Gasteiger partial charge in [0.15, 0.2) is 0 Å². The van der Waals surface area contributed by atoms with Gasteiger partial charge in [0.2, 0.25) is 0 Å². The summed E-state index contributed by atoms with van der Waals surface area (Å²) >= 11 is 1.63. The fourth-order valence-electron chi connectivity index (χ4n) is 3.81. The third-order valence-electron chi connectivity index (χ3n) is 5.39. The molecule has 5 nitrogen and oxygen atoms in total. The van der Waals surface area contributed by atoms with Crippen molar-refractivity contribution in [2.24, 2.45) is 0 Å². The van der Waals surface area contributed by atoms with Gasteiger partial charge in [-0.25, -0.2) is 4.98 Å². The van der Waals surface area contributed by atoms with Crippen molar-refractivity contribution in [1.29, 1.82) is 0 Å². The molecule has 0 unspecified atom stereocenters. The van der Waals surface area contributed by atoms with Gasteiger partial charge in [-0.3, -0.25) is 4.90 Å². The Morgan fingerprint density at radius 1 is 1.17 bits per heavy atom. The van der Waals surface area contributed by atoms with Gasteiger partial charge < -0.3 is 15.2 Å². The highest BCUT2D eigenvalue weighted by Gasteiger charge is 2.18. The van der Waals surface area contributed by atoms with Crippen molar-refractivity contribution in [3.63, 3.8) is 0 Å². The van der Waals surface area contributed by atoms with Gasteiger partial charge in [-0.2, -0.15) is 0 Å². The summed E-state index contributed by atoms with van der Waals surface area (Å²) in [7, 11) is 0. The van der Waals surface area contributed by atoms with Gasteiger partial charge in [-0.15, -0.1) is 11.3 Å². The lowest BCUT2D eigenvalue weighted by atomic mass is 10.00. The number of thiazole rings is 1. The van der Waals surface area contributed by atoms with Crippen LogP contribution < -0.4 is 10.1 Å². The lowest BCUT2D eigenvalue weighted by molar-refractivity contribution is 0.0637. The second-order valence-corrected chi connectivity index (χ2v) is 8.49. The molecule has 0 fully saturated rings. The molecule has 1 aliphatic rings. The number of aliphatic hydroxyl groups excluding tert-OH is 1. The molecule has 1 aromatic heterocycles. The fraction of sp³-hybridized carbons (Fsp3) is 0.375. The van der Waals surface area contributed by atoms with E-state index < -0.39 is 6.10 Å². The standard InChI is InChI=1S/C24H29N3O2S/c28-23(15-27-11-9-20-5-1-2-6-21(20)14-27)16-29-24-7-3-4-19(12-24)13-25-10-8-22-17-30-18-26-22/h1-7,12,17-18,23,25,28H,8-11,13-16H2/t23-/m0/s1. The number of benzene rings is 2. The smallest absolute Gasteiger partial charge is 0.119 e. The molecule has 2 aromatic carbocycles. The monoisotopic (exact) mass is 423 g/mol. The number of hydrogen-bond acceptors (Lipinski definition) is 6. The van der Waals surface area contributed by atoms with Crippen molar-refractivity contribution in [2.75, 3.05) is 26.2 Å². The first-order chi connectivity index (χ1) is 14.8. The van der Waals surface area contributed by atoms with Gasteiger partial charge in [0.1, 0.15) is 18.5 Å². The van der Waals surface area contributed by atoms with Crippen molar-refractivity contribution in [3.8, 4) is 5.75 Å². The number of fused-ring (bicyclic) bond motifs is 1. The first-order valence-electron chi connectivity index (χ1n) is 10.5. The molecular formula is C24H29N3O2S. The third kappa shape index (κ3) is 6.12. The molecule has 2 heterocycles. The zero-order chi connectivity index (χ0) is 20.6. The molecule has 3 aromatic rings. The van der Waals surface area contributed by atoms with Crippen LogP contribution in [0.1, 0.15) is 22.4 Å². The first kappa shape index (κ1) is 21.0. The number of nitrogens with zero attached hydrogens (tertiary/aromatic N) is 2. The van der Waals surface area contributed by atoms with Gasteiger partial charge in [-0.1, -0.05) is 36.4 Å². The topological polar surface area (TPSA) is 57.6 Å². The van der Waals surface area contributed by atoms with E-state index in [-0.39, 0.29) is 0 Å². The van der Waals surface area contributed by atoms with E-state index in [4.69, 9.17) is 4.74 Å². The molecule has 1 atom stereocenters. The zero-order valence-electron chi connectivity index (χ0n) is 17.2. The van der Waals surface area contributed by atoms with Gasteiger partial charge in [0, 0.05) is 44.5 Å². The molecule has 2 N–H and O–H groups in total. The van der Waals surface area contributed by atoms with Crippen LogP contribution in [0.5, 0.6) is 5.75 Å². The Kier molecular flexibility index (Phi) is 7.48. The first-order valence-corrected chi connectivity index (χ1v) is 11.5. The fourth-order valence-corrected chi connectivity index (χ4v) is 4.40. The lowest BCUT2D eigenvalue weighted by Crippen LogP contribution is -2.38. The molecule has 0 saturated heterocycles. The van der Waals surface area contributed by atoms with E-state index >= 15 is 0 Å². The maximum absolute atomic E-state index is 10.5. The largest absolute Gasteiger partial charge is 0.491 e. The quantitative estimate of drug-likeness (QED) is 0.490. The minimum atomic E-state index is -0.504. The second-order valence-electron chi connectivity index (χ2n) is 7.77. The van der Waals surface area contributed by atoms with Crippen molar-refractivity contribution in [1.82, 2.24) is 15.2 Å².